The largest absolute Gasteiger partial charge is 0.467 e. The minimum absolute atomic E-state index is 0.172. The normalized spacial score (nSPS) is 21.6. The number of ether oxygens (including phenoxy) is 1. The number of β-amino-alcohol motifs (C(OH)–C–C–N with tert-alkyl or cyclic N) is 1. The number of aryl methyl sites for hydroxylation is 3. The van der Waals surface area contributed by atoms with Gasteiger partial charge in [-0.3, -0.25) is 9.48 Å². The van der Waals surface area contributed by atoms with Crippen molar-refractivity contribution in [2.45, 2.75) is 45.4 Å². The highest BCUT2D eigenvalue weighted by molar-refractivity contribution is 5.85. The number of rotatable bonds is 4. The van der Waals surface area contributed by atoms with Crippen LogP contribution in [0, 0.1) is 13.8 Å². The van der Waals surface area contributed by atoms with Gasteiger partial charge in [-0.15, -0.1) is 0 Å². The Balaban J connectivity index is 1.98. The van der Waals surface area contributed by atoms with Gasteiger partial charge in [-0.1, -0.05) is 0 Å². The molecular formula is C14H21N3O4. The maximum Gasteiger partial charge on any atom is 0.328 e. The van der Waals surface area contributed by atoms with Crippen LogP contribution in [0.5, 0.6) is 0 Å². The van der Waals surface area contributed by atoms with E-state index >= 15 is 0 Å². The molecule has 21 heavy (non-hydrogen) atoms. The molecule has 7 heteroatoms. The number of hydrogen-bond donors (Lipinski definition) is 1. The summed E-state index contributed by atoms with van der Waals surface area (Å²) in [4.78, 5) is 25.3. The number of aliphatic hydroxyl groups is 1. The number of carbonyl (C=O) groups excluding carboxylic acids is 2. The second-order valence-corrected chi connectivity index (χ2v) is 5.37. The maximum absolute atomic E-state index is 12.3. The molecule has 1 aromatic heterocycles. The van der Waals surface area contributed by atoms with Crippen LogP contribution in [0.1, 0.15) is 24.2 Å². The van der Waals surface area contributed by atoms with Crippen molar-refractivity contribution in [1.29, 1.82) is 0 Å². The first-order chi connectivity index (χ1) is 9.92. The third-order valence-corrected chi connectivity index (χ3v) is 3.71. The molecule has 1 N–H and O–H groups in total. The van der Waals surface area contributed by atoms with E-state index in [-0.39, 0.29) is 25.3 Å². The lowest BCUT2D eigenvalue weighted by atomic mass is 10.2. The molecule has 2 rings (SSSR count). The van der Waals surface area contributed by atoms with E-state index < -0.39 is 18.1 Å². The fourth-order valence-electron chi connectivity index (χ4n) is 2.70. The topological polar surface area (TPSA) is 84.7 Å². The van der Waals surface area contributed by atoms with Crippen LogP contribution in [-0.4, -0.2) is 57.5 Å². The monoisotopic (exact) mass is 295 g/mol. The standard InChI is InChI=1S/C14H21N3O4/c1-9-6-10(2)17(15-9)5-4-13(19)16-8-11(18)7-12(16)14(20)21-3/h6,11-12,18H,4-5,7-8H2,1-3H3. The maximum atomic E-state index is 12.3. The molecule has 0 saturated carbocycles. The van der Waals surface area contributed by atoms with Crippen molar-refractivity contribution >= 4 is 11.9 Å². The zero-order chi connectivity index (χ0) is 15.6. The Kier molecular flexibility index (Phi) is 4.62. The molecule has 2 unspecified atom stereocenters. The summed E-state index contributed by atoms with van der Waals surface area (Å²) in [7, 11) is 1.28. The summed E-state index contributed by atoms with van der Waals surface area (Å²) >= 11 is 0. The summed E-state index contributed by atoms with van der Waals surface area (Å²) in [6.45, 7) is 4.46. The molecule has 2 atom stereocenters. The van der Waals surface area contributed by atoms with Crippen molar-refractivity contribution < 1.29 is 19.4 Å². The van der Waals surface area contributed by atoms with Crippen LogP contribution in [-0.2, 0) is 20.9 Å². The summed E-state index contributed by atoms with van der Waals surface area (Å²) in [5.74, 6) is -0.652. The first-order valence-corrected chi connectivity index (χ1v) is 6.98. The van der Waals surface area contributed by atoms with Crippen LogP contribution >= 0.6 is 0 Å². The van der Waals surface area contributed by atoms with Gasteiger partial charge in [0.2, 0.25) is 5.91 Å². The summed E-state index contributed by atoms with van der Waals surface area (Å²) in [6, 6.07) is 1.26. The molecule has 1 fully saturated rings. The number of methoxy groups -OCH3 is 1. The highest BCUT2D eigenvalue weighted by Gasteiger charge is 2.39. The average Bonchev–Trinajstić information content (AvgIpc) is 2.98. The molecule has 7 nitrogen and oxygen atoms in total. The number of carbonyl (C=O) groups is 2. The van der Waals surface area contributed by atoms with E-state index in [1.54, 1.807) is 4.68 Å². The number of aliphatic hydroxyl groups excluding tert-OH is 1. The fraction of sp³-hybridized carbons (Fsp3) is 0.643. The van der Waals surface area contributed by atoms with Gasteiger partial charge >= 0.3 is 5.97 Å². The average molecular weight is 295 g/mol. The van der Waals surface area contributed by atoms with E-state index in [0.717, 1.165) is 11.4 Å². The molecule has 1 aromatic rings. The first-order valence-electron chi connectivity index (χ1n) is 6.98. The molecule has 1 aliphatic rings. The van der Waals surface area contributed by atoms with Gasteiger partial charge in [0, 0.05) is 31.6 Å². The van der Waals surface area contributed by atoms with Gasteiger partial charge in [0.1, 0.15) is 6.04 Å². The third kappa shape index (κ3) is 3.41. The lowest BCUT2D eigenvalue weighted by molar-refractivity contribution is -0.151. The van der Waals surface area contributed by atoms with Crippen molar-refractivity contribution in [3.63, 3.8) is 0 Å². The fourth-order valence-corrected chi connectivity index (χ4v) is 2.70. The summed E-state index contributed by atoms with van der Waals surface area (Å²) in [5, 5.41) is 14.0. The van der Waals surface area contributed by atoms with Crippen molar-refractivity contribution in [3.8, 4) is 0 Å². The van der Waals surface area contributed by atoms with Crippen LogP contribution in [0.25, 0.3) is 0 Å². The molecule has 2 heterocycles. The quantitative estimate of drug-likeness (QED) is 0.792. The van der Waals surface area contributed by atoms with Gasteiger partial charge in [-0.25, -0.2) is 4.79 Å². The van der Waals surface area contributed by atoms with Crippen molar-refractivity contribution in [3.05, 3.63) is 17.5 Å². The minimum Gasteiger partial charge on any atom is -0.467 e. The van der Waals surface area contributed by atoms with Crippen LogP contribution in [0.4, 0.5) is 0 Å². The SMILES string of the molecule is COC(=O)C1CC(O)CN1C(=O)CCn1nc(C)cc1C. The first kappa shape index (κ1) is 15.5. The molecule has 0 bridgehead atoms. The van der Waals surface area contributed by atoms with Gasteiger partial charge in [-0.05, 0) is 19.9 Å². The van der Waals surface area contributed by atoms with Gasteiger partial charge in [0.05, 0.1) is 18.9 Å². The number of nitrogens with zero attached hydrogens (tertiary/aromatic N) is 3. The molecule has 1 saturated heterocycles. The Morgan fingerprint density at radius 3 is 2.76 bits per heavy atom. The van der Waals surface area contributed by atoms with Crippen molar-refractivity contribution in [1.82, 2.24) is 14.7 Å². The van der Waals surface area contributed by atoms with Gasteiger partial charge in [-0.2, -0.15) is 5.10 Å². The number of likely N-dealkylation sites (tertiary alicyclic amines) is 1. The predicted octanol–water partition coefficient (Wildman–Crippen LogP) is 0.0248. The van der Waals surface area contributed by atoms with Crippen LogP contribution in [0.2, 0.25) is 0 Å². The summed E-state index contributed by atoms with van der Waals surface area (Å²) < 4.78 is 6.46. The molecular weight excluding hydrogens is 274 g/mol. The lowest BCUT2D eigenvalue weighted by Gasteiger charge is -2.22. The highest BCUT2D eigenvalue weighted by Crippen LogP contribution is 2.20. The molecule has 0 aliphatic carbocycles. The molecule has 116 valence electrons. The summed E-state index contributed by atoms with van der Waals surface area (Å²) in [6.07, 6.45) is -0.202. The molecule has 0 aromatic carbocycles. The zero-order valence-electron chi connectivity index (χ0n) is 12.6. The van der Waals surface area contributed by atoms with Crippen LogP contribution in [0.15, 0.2) is 6.07 Å². The molecule has 1 aliphatic heterocycles. The Morgan fingerprint density at radius 2 is 2.19 bits per heavy atom. The van der Waals surface area contributed by atoms with E-state index in [2.05, 4.69) is 9.84 Å². The van der Waals surface area contributed by atoms with Gasteiger partial charge < -0.3 is 14.7 Å². The Hall–Kier alpha value is -1.89. The van der Waals surface area contributed by atoms with E-state index in [1.165, 1.54) is 12.0 Å². The number of amides is 1. The lowest BCUT2D eigenvalue weighted by Crippen LogP contribution is -2.41. The van der Waals surface area contributed by atoms with E-state index in [9.17, 15) is 14.7 Å². The Labute approximate surface area is 123 Å². The Bertz CT molecular complexity index is 540. The predicted molar refractivity (Wildman–Crippen MR) is 74.5 cm³/mol. The van der Waals surface area contributed by atoms with Crippen molar-refractivity contribution in [2.24, 2.45) is 0 Å². The minimum atomic E-state index is -0.682. The number of esters is 1. The molecule has 0 radical (unpaired) electrons. The smallest absolute Gasteiger partial charge is 0.328 e. The number of hydrogen-bond acceptors (Lipinski definition) is 5. The van der Waals surface area contributed by atoms with Gasteiger partial charge in [0.25, 0.3) is 0 Å². The van der Waals surface area contributed by atoms with Crippen molar-refractivity contribution in [2.75, 3.05) is 13.7 Å². The van der Waals surface area contributed by atoms with Gasteiger partial charge in [0.15, 0.2) is 0 Å². The van der Waals surface area contributed by atoms with Crippen LogP contribution < -0.4 is 0 Å². The van der Waals surface area contributed by atoms with E-state index in [1.807, 2.05) is 19.9 Å². The second kappa shape index (κ2) is 6.26. The third-order valence-electron chi connectivity index (χ3n) is 3.71. The molecule has 1 amide bonds. The number of aromatic nitrogens is 2. The van der Waals surface area contributed by atoms with Crippen LogP contribution in [0.3, 0.4) is 0 Å². The van der Waals surface area contributed by atoms with E-state index in [4.69, 9.17) is 0 Å². The van der Waals surface area contributed by atoms with E-state index in [0.29, 0.717) is 6.54 Å². The zero-order valence-corrected chi connectivity index (χ0v) is 12.6. The summed E-state index contributed by atoms with van der Waals surface area (Å²) in [5.41, 5.74) is 1.90. The highest BCUT2D eigenvalue weighted by atomic mass is 16.5. The second-order valence-electron chi connectivity index (χ2n) is 5.37. The molecule has 0 spiro atoms. The Morgan fingerprint density at radius 1 is 1.48 bits per heavy atom.